The van der Waals surface area contributed by atoms with Crippen molar-refractivity contribution in [3.05, 3.63) is 5.21 Å². The van der Waals surface area contributed by atoms with Crippen LogP contribution in [0.2, 0.25) is 0 Å². The zero-order chi connectivity index (χ0) is 15.6. The van der Waals surface area contributed by atoms with E-state index in [0.29, 0.717) is 13.1 Å². The average Bonchev–Trinajstić information content (AvgIpc) is 2.48. The van der Waals surface area contributed by atoms with Crippen LogP contribution in [0.4, 0.5) is 0 Å². The van der Waals surface area contributed by atoms with Crippen molar-refractivity contribution in [3.8, 4) is 0 Å². The second-order valence-corrected chi connectivity index (χ2v) is 4.33. The van der Waals surface area contributed by atoms with Gasteiger partial charge in [-0.25, -0.2) is 0 Å². The van der Waals surface area contributed by atoms with Crippen molar-refractivity contribution >= 4 is 0 Å². The Kier molecular flexibility index (Phi) is 19.0. The molecule has 0 atom stereocenters. The Hall–Kier alpha value is -1.08. The number of rotatable bonds is 11. The number of hydrogen-bond acceptors (Lipinski definition) is 4. The van der Waals surface area contributed by atoms with E-state index < -0.39 is 0 Å². The van der Waals surface area contributed by atoms with Crippen LogP contribution in [0.25, 0.3) is 0 Å². The van der Waals surface area contributed by atoms with Crippen molar-refractivity contribution < 1.29 is 10.2 Å². The Balaban J connectivity index is 0. The fraction of sp³-hybridized carbons (Fsp3) is 1.00. The van der Waals surface area contributed by atoms with Crippen molar-refractivity contribution in [2.75, 3.05) is 39.3 Å². The number of nitrogens with one attached hydrogen (secondary N) is 2. The molecule has 0 unspecified atom stereocenters. The third-order valence-corrected chi connectivity index (χ3v) is 2.61. The molecule has 7 nitrogen and oxygen atoms in total. The van der Waals surface area contributed by atoms with Crippen LogP contribution in [0.15, 0.2) is 5.28 Å². The van der Waals surface area contributed by atoms with Crippen molar-refractivity contribution in [1.82, 2.24) is 15.6 Å². The lowest BCUT2D eigenvalue weighted by Crippen LogP contribution is -2.29. The molecule has 0 spiro atoms. The maximum atomic E-state index is 10.4. The number of nitrogens with zero attached hydrogens (tertiary/aromatic N) is 3. The topological polar surface area (TPSA) is 86.0 Å². The maximum Gasteiger partial charge on any atom is 0.230 e. The summed E-state index contributed by atoms with van der Waals surface area (Å²) in [7, 11) is 0. The van der Waals surface area contributed by atoms with Gasteiger partial charge in [-0.2, -0.15) is 0 Å². The highest BCUT2D eigenvalue weighted by Gasteiger charge is 2.04. The van der Waals surface area contributed by atoms with Gasteiger partial charge in [-0.15, -0.1) is 5.01 Å². The van der Waals surface area contributed by atoms with Crippen molar-refractivity contribution in [2.45, 2.75) is 47.0 Å². The van der Waals surface area contributed by atoms with Crippen LogP contribution < -0.4 is 10.6 Å². The van der Waals surface area contributed by atoms with Gasteiger partial charge in [0, 0.05) is 0 Å². The van der Waals surface area contributed by atoms with E-state index in [-0.39, 0.29) is 4.97 Å². The van der Waals surface area contributed by atoms with Crippen molar-refractivity contribution in [3.63, 3.8) is 0 Å². The third kappa shape index (κ3) is 15.0. The molecule has 122 valence electrons. The largest absolute Gasteiger partial charge is 0.569 e. The molecule has 7 heteroatoms. The highest BCUT2D eigenvalue weighted by molar-refractivity contribution is 4.50. The minimum atomic E-state index is 0.167. The van der Waals surface area contributed by atoms with Crippen molar-refractivity contribution in [2.24, 2.45) is 5.28 Å². The first-order chi connectivity index (χ1) is 9.67. The molecule has 0 bridgehead atoms. The highest BCUT2D eigenvalue weighted by atomic mass is 16.6. The van der Waals surface area contributed by atoms with E-state index in [2.05, 4.69) is 29.8 Å². The van der Waals surface area contributed by atoms with Gasteiger partial charge in [-0.3, -0.25) is 0 Å². The van der Waals surface area contributed by atoms with Crippen LogP contribution in [0.3, 0.4) is 0 Å². The zero-order valence-corrected chi connectivity index (χ0v) is 13.6. The summed E-state index contributed by atoms with van der Waals surface area (Å²) in [6.07, 6.45) is 3.73. The van der Waals surface area contributed by atoms with E-state index in [1.807, 2.05) is 0 Å². The standard InChI is InChI=1S/C9H22N2.C4H11N3O2/c1-3-6-10-8-5-9-11-7-4-2;1-3-6(4-2)7(9)5-8/h10-11H,3-9H2,1-2H3;8H,3-4H2,1-2H3/b;7-5-. The molecule has 0 fully saturated rings. The highest BCUT2D eigenvalue weighted by Crippen LogP contribution is 1.86. The lowest BCUT2D eigenvalue weighted by atomic mass is 10.4. The first-order valence-corrected chi connectivity index (χ1v) is 7.66. The summed E-state index contributed by atoms with van der Waals surface area (Å²) in [5.41, 5.74) is 0. The molecule has 20 heavy (non-hydrogen) atoms. The first kappa shape index (κ1) is 21.2. The number of hydrazine groups is 1. The minimum Gasteiger partial charge on any atom is -0.569 e. The van der Waals surface area contributed by atoms with E-state index in [4.69, 9.17) is 5.21 Å². The van der Waals surface area contributed by atoms with Crippen LogP contribution in [-0.4, -0.2) is 54.5 Å². The molecular formula is C13H33N5O2. The quantitative estimate of drug-likeness (QED) is 0.234. The lowest BCUT2D eigenvalue weighted by molar-refractivity contribution is -0.708. The van der Waals surface area contributed by atoms with Gasteiger partial charge in [0.2, 0.25) is 5.28 Å². The molecule has 0 aromatic rings. The Morgan fingerprint density at radius 3 is 1.65 bits per heavy atom. The summed E-state index contributed by atoms with van der Waals surface area (Å²) in [6.45, 7) is 13.7. The van der Waals surface area contributed by atoms with E-state index in [0.717, 1.165) is 26.2 Å². The molecule has 0 radical (unpaired) electrons. The van der Waals surface area contributed by atoms with E-state index >= 15 is 0 Å². The minimum absolute atomic E-state index is 0.167. The first-order valence-electron chi connectivity index (χ1n) is 7.66. The Morgan fingerprint density at radius 2 is 1.40 bits per heavy atom. The second kappa shape index (κ2) is 17.9. The van der Waals surface area contributed by atoms with E-state index in [1.54, 1.807) is 13.8 Å². The fourth-order valence-corrected chi connectivity index (χ4v) is 1.46. The van der Waals surface area contributed by atoms with Gasteiger partial charge in [0.15, 0.2) is 0 Å². The number of hydrogen-bond donors (Lipinski definition) is 3. The normalized spacial score (nSPS) is 10.9. The molecule has 0 aromatic heterocycles. The molecule has 0 heterocycles. The van der Waals surface area contributed by atoms with Gasteiger partial charge in [0.25, 0.3) is 0 Å². The van der Waals surface area contributed by atoms with Gasteiger partial charge in [-0.1, -0.05) is 13.8 Å². The summed E-state index contributed by atoms with van der Waals surface area (Å²) < 4.78 is 0. The molecule has 0 aliphatic heterocycles. The third-order valence-electron chi connectivity index (χ3n) is 2.61. The molecule has 0 rings (SSSR count). The average molecular weight is 291 g/mol. The molecular weight excluding hydrogens is 258 g/mol. The molecule has 0 saturated carbocycles. The summed E-state index contributed by atoms with van der Waals surface area (Å²) in [5.74, 6) is 0. The predicted molar refractivity (Wildman–Crippen MR) is 81.7 cm³/mol. The van der Waals surface area contributed by atoms with Gasteiger partial charge in [-0.05, 0) is 59.3 Å². The Morgan fingerprint density at radius 1 is 0.950 bits per heavy atom. The zero-order valence-electron chi connectivity index (χ0n) is 13.6. The van der Waals surface area contributed by atoms with Crippen LogP contribution in [0, 0.1) is 5.21 Å². The second-order valence-electron chi connectivity index (χ2n) is 4.33. The van der Waals surface area contributed by atoms with Crippen LogP contribution in [0.1, 0.15) is 47.0 Å². The van der Waals surface area contributed by atoms with Gasteiger partial charge >= 0.3 is 0 Å². The molecule has 0 aliphatic carbocycles. The molecule has 0 aliphatic rings. The van der Waals surface area contributed by atoms with Gasteiger partial charge in [0.05, 0.1) is 18.1 Å². The summed E-state index contributed by atoms with van der Waals surface area (Å²) >= 11 is 0. The maximum absolute atomic E-state index is 10.4. The molecule has 3 N–H and O–H groups in total. The van der Waals surface area contributed by atoms with Gasteiger partial charge < -0.3 is 21.0 Å². The Labute approximate surface area is 123 Å². The van der Waals surface area contributed by atoms with Crippen LogP contribution in [-0.2, 0) is 0 Å². The SMILES string of the molecule is CCCNCCCNCCC.CCN(CC)/[N+]([O-])=N/O. The lowest BCUT2D eigenvalue weighted by Gasteiger charge is -2.11. The summed E-state index contributed by atoms with van der Waals surface area (Å²) in [6, 6.07) is 0. The molecule has 0 saturated heterocycles. The van der Waals surface area contributed by atoms with E-state index in [1.165, 1.54) is 24.3 Å². The predicted octanol–water partition coefficient (Wildman–Crippen LogP) is 1.97. The van der Waals surface area contributed by atoms with Gasteiger partial charge in [0.1, 0.15) is 0 Å². The summed E-state index contributed by atoms with van der Waals surface area (Å²) in [4.78, 5) is 0.167. The molecule has 0 amide bonds. The fourth-order valence-electron chi connectivity index (χ4n) is 1.46. The Bertz CT molecular complexity index is 203. The smallest absolute Gasteiger partial charge is 0.230 e. The molecule has 0 aromatic carbocycles. The van der Waals surface area contributed by atoms with Crippen molar-refractivity contribution in [1.29, 1.82) is 0 Å². The van der Waals surface area contributed by atoms with Crippen LogP contribution >= 0.6 is 0 Å². The van der Waals surface area contributed by atoms with E-state index in [9.17, 15) is 5.21 Å². The van der Waals surface area contributed by atoms with Crippen LogP contribution in [0.5, 0.6) is 0 Å². The monoisotopic (exact) mass is 291 g/mol. The summed E-state index contributed by atoms with van der Waals surface area (Å²) in [5, 5.41) is 28.9.